The van der Waals surface area contributed by atoms with Crippen molar-refractivity contribution in [3.8, 4) is 0 Å². The van der Waals surface area contributed by atoms with Crippen molar-refractivity contribution in [3.05, 3.63) is 58.1 Å². The highest BCUT2D eigenvalue weighted by molar-refractivity contribution is 9.10. The lowest BCUT2D eigenvalue weighted by molar-refractivity contribution is -0.116. The Morgan fingerprint density at radius 2 is 1.92 bits per heavy atom. The number of amides is 2. The smallest absolute Gasteiger partial charge is 0.269 e. The van der Waals surface area contributed by atoms with E-state index in [1.807, 2.05) is 13.0 Å². The summed E-state index contributed by atoms with van der Waals surface area (Å²) in [5, 5.41) is 2.63. The van der Waals surface area contributed by atoms with Crippen LogP contribution in [0.25, 0.3) is 0 Å². The molecular weight excluding hydrogens is 396 g/mol. The van der Waals surface area contributed by atoms with Crippen LogP contribution in [0.5, 0.6) is 0 Å². The van der Waals surface area contributed by atoms with Gasteiger partial charge in [0.2, 0.25) is 5.91 Å². The molecule has 1 aliphatic heterocycles. The zero-order valence-corrected chi connectivity index (χ0v) is 15.0. The summed E-state index contributed by atoms with van der Waals surface area (Å²) in [6.07, 6.45) is 0. The molecule has 1 heterocycles. The van der Waals surface area contributed by atoms with Crippen LogP contribution in [0.4, 0.5) is 5.69 Å². The Kier molecular flexibility index (Phi) is 4.18. The van der Waals surface area contributed by atoms with E-state index >= 15 is 0 Å². The molecule has 0 radical (unpaired) electrons. The standard InChI is InChI=1S/C16H13BrN2O4S/c1-10-8-11(17)6-7-13(10)18-15(20)9-19-16(21)12-4-2-3-5-14(12)24(19,22)23/h2-8H,9H2,1H3,(H,18,20). The molecule has 0 unspecified atom stereocenters. The third-order valence-corrected chi connectivity index (χ3v) is 5.94. The Morgan fingerprint density at radius 1 is 1.21 bits per heavy atom. The molecule has 0 aromatic heterocycles. The molecule has 2 amide bonds. The second-order valence-electron chi connectivity index (χ2n) is 5.32. The van der Waals surface area contributed by atoms with Crippen LogP contribution in [-0.4, -0.2) is 31.1 Å². The largest absolute Gasteiger partial charge is 0.324 e. The van der Waals surface area contributed by atoms with Crippen molar-refractivity contribution < 1.29 is 18.0 Å². The van der Waals surface area contributed by atoms with Gasteiger partial charge in [-0.2, -0.15) is 0 Å². The van der Waals surface area contributed by atoms with E-state index < -0.39 is 28.4 Å². The summed E-state index contributed by atoms with van der Waals surface area (Å²) in [5.74, 6) is -1.27. The average Bonchev–Trinajstić information content (AvgIpc) is 2.72. The Bertz CT molecular complexity index is 956. The number of anilines is 1. The van der Waals surface area contributed by atoms with E-state index in [0.717, 1.165) is 10.0 Å². The van der Waals surface area contributed by atoms with Gasteiger partial charge in [-0.15, -0.1) is 0 Å². The summed E-state index contributed by atoms with van der Waals surface area (Å²) in [6, 6.07) is 11.2. The van der Waals surface area contributed by atoms with Crippen molar-refractivity contribution in [2.45, 2.75) is 11.8 Å². The summed E-state index contributed by atoms with van der Waals surface area (Å²) in [7, 11) is -3.98. The SMILES string of the molecule is Cc1cc(Br)ccc1NC(=O)CN1C(=O)c2ccccc2S1(=O)=O. The minimum Gasteiger partial charge on any atom is -0.324 e. The topological polar surface area (TPSA) is 83.6 Å². The second-order valence-corrected chi connectivity index (χ2v) is 8.07. The van der Waals surface area contributed by atoms with Gasteiger partial charge in [-0.05, 0) is 42.8 Å². The zero-order chi connectivity index (χ0) is 17.5. The first-order chi connectivity index (χ1) is 11.3. The lowest BCUT2D eigenvalue weighted by Gasteiger charge is -2.15. The zero-order valence-electron chi connectivity index (χ0n) is 12.6. The van der Waals surface area contributed by atoms with E-state index in [-0.39, 0.29) is 10.5 Å². The molecule has 0 atom stereocenters. The summed E-state index contributed by atoms with van der Waals surface area (Å²) in [5.41, 5.74) is 1.46. The molecule has 0 saturated heterocycles. The number of carbonyl (C=O) groups is 2. The van der Waals surface area contributed by atoms with Gasteiger partial charge in [0.25, 0.3) is 15.9 Å². The lowest BCUT2D eigenvalue weighted by Crippen LogP contribution is -2.37. The van der Waals surface area contributed by atoms with Crippen LogP contribution in [0.1, 0.15) is 15.9 Å². The molecule has 6 nitrogen and oxygen atoms in total. The Balaban J connectivity index is 1.82. The minimum atomic E-state index is -3.98. The van der Waals surface area contributed by atoms with Crippen LogP contribution in [0.15, 0.2) is 51.8 Å². The van der Waals surface area contributed by atoms with Crippen LogP contribution in [0, 0.1) is 6.92 Å². The highest BCUT2D eigenvalue weighted by Gasteiger charge is 2.41. The molecule has 2 aromatic carbocycles. The monoisotopic (exact) mass is 408 g/mol. The number of nitrogens with zero attached hydrogens (tertiary/aromatic N) is 1. The Morgan fingerprint density at radius 3 is 2.58 bits per heavy atom. The van der Waals surface area contributed by atoms with Gasteiger partial charge in [0, 0.05) is 10.2 Å². The van der Waals surface area contributed by atoms with Gasteiger partial charge in [-0.25, -0.2) is 12.7 Å². The first-order valence-electron chi connectivity index (χ1n) is 7.03. The van der Waals surface area contributed by atoms with Crippen LogP contribution in [-0.2, 0) is 14.8 Å². The maximum absolute atomic E-state index is 12.4. The fourth-order valence-corrected chi connectivity index (χ4v) is 4.48. The number of hydrogen-bond donors (Lipinski definition) is 1. The number of fused-ring (bicyclic) bond motifs is 1. The van der Waals surface area contributed by atoms with E-state index in [1.54, 1.807) is 24.3 Å². The Labute approximate surface area is 147 Å². The molecular formula is C16H13BrN2O4S. The van der Waals surface area contributed by atoms with Gasteiger partial charge in [-0.1, -0.05) is 28.1 Å². The molecule has 8 heteroatoms. The van der Waals surface area contributed by atoms with Crippen molar-refractivity contribution in [1.29, 1.82) is 0 Å². The summed E-state index contributed by atoms with van der Waals surface area (Å²) < 4.78 is 26.3. The fourth-order valence-electron chi connectivity index (χ4n) is 2.47. The summed E-state index contributed by atoms with van der Waals surface area (Å²) in [6.45, 7) is 1.25. The van der Waals surface area contributed by atoms with Gasteiger partial charge in [-0.3, -0.25) is 9.59 Å². The second kappa shape index (κ2) is 6.03. The lowest BCUT2D eigenvalue weighted by atomic mass is 10.2. The van der Waals surface area contributed by atoms with Crippen LogP contribution >= 0.6 is 15.9 Å². The highest BCUT2D eigenvalue weighted by Crippen LogP contribution is 2.29. The van der Waals surface area contributed by atoms with Crippen molar-refractivity contribution in [2.24, 2.45) is 0 Å². The number of halogens is 1. The van der Waals surface area contributed by atoms with Crippen molar-refractivity contribution in [2.75, 3.05) is 11.9 Å². The minimum absolute atomic E-state index is 0.0670. The van der Waals surface area contributed by atoms with Crippen molar-refractivity contribution in [1.82, 2.24) is 4.31 Å². The van der Waals surface area contributed by atoms with Gasteiger partial charge < -0.3 is 5.32 Å². The number of carbonyl (C=O) groups excluding carboxylic acids is 2. The molecule has 3 rings (SSSR count). The molecule has 24 heavy (non-hydrogen) atoms. The number of aryl methyl sites for hydroxylation is 1. The van der Waals surface area contributed by atoms with Crippen LogP contribution in [0.2, 0.25) is 0 Å². The molecule has 0 fully saturated rings. The number of benzene rings is 2. The summed E-state index contributed by atoms with van der Waals surface area (Å²) in [4.78, 5) is 24.4. The quantitative estimate of drug-likeness (QED) is 0.845. The van der Waals surface area contributed by atoms with Gasteiger partial charge >= 0.3 is 0 Å². The first-order valence-corrected chi connectivity index (χ1v) is 9.26. The number of nitrogens with one attached hydrogen (secondary N) is 1. The molecule has 1 N–H and O–H groups in total. The normalized spacial score (nSPS) is 15.2. The molecule has 1 aliphatic rings. The first kappa shape index (κ1) is 16.7. The highest BCUT2D eigenvalue weighted by atomic mass is 79.9. The molecule has 124 valence electrons. The predicted molar refractivity (Wildman–Crippen MR) is 92.2 cm³/mol. The van der Waals surface area contributed by atoms with Gasteiger partial charge in [0.15, 0.2) is 0 Å². The van der Waals surface area contributed by atoms with Gasteiger partial charge in [0.05, 0.1) is 5.56 Å². The average molecular weight is 409 g/mol. The number of rotatable bonds is 3. The summed E-state index contributed by atoms with van der Waals surface area (Å²) >= 11 is 3.33. The predicted octanol–water partition coefficient (Wildman–Crippen LogP) is 2.54. The van der Waals surface area contributed by atoms with E-state index in [1.165, 1.54) is 12.1 Å². The molecule has 0 saturated carbocycles. The molecule has 0 spiro atoms. The number of sulfonamides is 1. The van der Waals surface area contributed by atoms with Crippen LogP contribution in [0.3, 0.4) is 0 Å². The maximum Gasteiger partial charge on any atom is 0.269 e. The van der Waals surface area contributed by atoms with E-state index in [0.29, 0.717) is 9.99 Å². The van der Waals surface area contributed by atoms with Crippen LogP contribution < -0.4 is 5.32 Å². The van der Waals surface area contributed by atoms with E-state index in [4.69, 9.17) is 0 Å². The third-order valence-electron chi connectivity index (χ3n) is 3.66. The van der Waals surface area contributed by atoms with E-state index in [2.05, 4.69) is 21.2 Å². The van der Waals surface area contributed by atoms with Gasteiger partial charge in [0.1, 0.15) is 11.4 Å². The maximum atomic E-state index is 12.4. The fraction of sp³-hybridized carbons (Fsp3) is 0.125. The molecule has 2 aromatic rings. The van der Waals surface area contributed by atoms with Crippen molar-refractivity contribution in [3.63, 3.8) is 0 Å². The Hall–Kier alpha value is -2.19. The van der Waals surface area contributed by atoms with E-state index in [9.17, 15) is 18.0 Å². The molecule has 0 bridgehead atoms. The van der Waals surface area contributed by atoms with Crippen molar-refractivity contribution >= 4 is 43.5 Å². The number of hydrogen-bond acceptors (Lipinski definition) is 4. The molecule has 0 aliphatic carbocycles. The third kappa shape index (κ3) is 2.83.